The highest BCUT2D eigenvalue weighted by molar-refractivity contribution is 7.47. The molecule has 17 nitrogen and oxygen atoms in total. The van der Waals surface area contributed by atoms with Crippen molar-refractivity contribution in [2.45, 2.75) is 401 Å². The highest BCUT2D eigenvalue weighted by Gasteiger charge is 2.30. The number of unbranched alkanes of at least 4 members (excludes halogenated alkanes) is 37. The first-order chi connectivity index (χ1) is 45.7. The van der Waals surface area contributed by atoms with Crippen LogP contribution < -0.4 is 0 Å². The zero-order chi connectivity index (χ0) is 70.3. The number of rotatable bonds is 73. The lowest BCUT2D eigenvalue weighted by Crippen LogP contribution is -2.30. The molecule has 0 aliphatic carbocycles. The highest BCUT2D eigenvalue weighted by Crippen LogP contribution is 2.45. The summed E-state index contributed by atoms with van der Waals surface area (Å²) in [6, 6.07) is 0. The van der Waals surface area contributed by atoms with Crippen LogP contribution >= 0.6 is 15.6 Å². The standard InChI is InChI=1S/C76H148O17P2/c1-9-68(7)54-46-38-30-24-21-22-26-32-42-50-58-75(80)92-71(62-87-74(79)57-49-41-33-27-29-37-45-53-67(5)6)64-90-94(82,83)88-60-70(77)61-89-95(84,85)91-65-72(93-76(81)59-51-43-35-34-39-47-55-69(8)10-2)63-86-73(78)56-48-40-31-25-20-18-16-14-12-11-13-15-17-19-23-28-36-44-52-66(3)4/h66-72,77H,9-65H2,1-8H3,(H,82,83)(H,84,85)/t68?,69?,70?,71-,72-/m1/s1. The zero-order valence-electron chi connectivity index (χ0n) is 62.3. The van der Waals surface area contributed by atoms with E-state index in [1.165, 1.54) is 180 Å². The van der Waals surface area contributed by atoms with Crippen molar-refractivity contribution in [3.05, 3.63) is 0 Å². The van der Waals surface area contributed by atoms with Gasteiger partial charge in [-0.2, -0.15) is 0 Å². The Hall–Kier alpha value is -1.94. The van der Waals surface area contributed by atoms with Crippen molar-refractivity contribution < 1.29 is 80.2 Å². The molecule has 0 aliphatic heterocycles. The minimum absolute atomic E-state index is 0.103. The van der Waals surface area contributed by atoms with Crippen LogP contribution in [0.4, 0.5) is 0 Å². The Morgan fingerprint density at radius 2 is 0.505 bits per heavy atom. The normalized spacial score (nSPS) is 14.7. The minimum Gasteiger partial charge on any atom is -0.462 e. The number of carbonyl (C=O) groups is 4. The molecule has 0 fully saturated rings. The van der Waals surface area contributed by atoms with E-state index in [4.69, 9.17) is 37.0 Å². The molecule has 0 saturated heterocycles. The monoisotopic (exact) mass is 1400 g/mol. The van der Waals surface area contributed by atoms with E-state index in [9.17, 15) is 43.2 Å². The summed E-state index contributed by atoms with van der Waals surface area (Å²) in [6.45, 7) is 14.2. The first-order valence-corrected chi connectivity index (χ1v) is 42.3. The number of esters is 4. The molecule has 0 aromatic heterocycles. The summed E-state index contributed by atoms with van der Waals surface area (Å²) < 4.78 is 68.4. The molecule has 0 radical (unpaired) electrons. The fourth-order valence-corrected chi connectivity index (χ4v) is 13.1. The average molecular weight is 1400 g/mol. The number of carbonyl (C=O) groups excluding carboxylic acids is 4. The maximum Gasteiger partial charge on any atom is 0.472 e. The second-order valence-electron chi connectivity index (χ2n) is 28.8. The fourth-order valence-electron chi connectivity index (χ4n) is 11.5. The Labute approximate surface area is 581 Å². The molecule has 0 heterocycles. The van der Waals surface area contributed by atoms with Gasteiger partial charge in [0, 0.05) is 25.7 Å². The topological polar surface area (TPSA) is 237 Å². The van der Waals surface area contributed by atoms with Crippen LogP contribution in [0.15, 0.2) is 0 Å². The van der Waals surface area contributed by atoms with Gasteiger partial charge in [0.25, 0.3) is 0 Å². The van der Waals surface area contributed by atoms with Crippen molar-refractivity contribution in [3.8, 4) is 0 Å². The van der Waals surface area contributed by atoms with Gasteiger partial charge in [-0.05, 0) is 49.4 Å². The molecule has 0 saturated carbocycles. The van der Waals surface area contributed by atoms with Crippen LogP contribution in [0.2, 0.25) is 0 Å². The molecule has 0 aromatic carbocycles. The smallest absolute Gasteiger partial charge is 0.462 e. The van der Waals surface area contributed by atoms with Gasteiger partial charge in [-0.3, -0.25) is 37.3 Å². The number of hydrogen-bond acceptors (Lipinski definition) is 15. The second-order valence-corrected chi connectivity index (χ2v) is 31.7. The van der Waals surface area contributed by atoms with E-state index in [-0.39, 0.29) is 25.7 Å². The minimum atomic E-state index is -4.96. The van der Waals surface area contributed by atoms with E-state index < -0.39 is 97.5 Å². The predicted octanol–water partition coefficient (Wildman–Crippen LogP) is 22.0. The Kier molecular flexibility index (Phi) is 64.0. The van der Waals surface area contributed by atoms with Crippen LogP contribution in [0.3, 0.4) is 0 Å². The van der Waals surface area contributed by atoms with Crippen molar-refractivity contribution in [2.75, 3.05) is 39.6 Å². The highest BCUT2D eigenvalue weighted by atomic mass is 31.2. The van der Waals surface area contributed by atoms with Crippen LogP contribution in [0.1, 0.15) is 383 Å². The van der Waals surface area contributed by atoms with E-state index in [1.807, 2.05) is 0 Å². The van der Waals surface area contributed by atoms with Gasteiger partial charge in [0.15, 0.2) is 12.2 Å². The molecule has 0 aromatic rings. The summed E-state index contributed by atoms with van der Waals surface area (Å²) in [4.78, 5) is 72.7. The third-order valence-corrected chi connectivity index (χ3v) is 20.2. The molecule has 0 rings (SSSR count). The lowest BCUT2D eigenvalue weighted by atomic mass is 9.99. The molecule has 0 bridgehead atoms. The number of aliphatic hydroxyl groups is 1. The molecule has 0 amide bonds. The molecule has 95 heavy (non-hydrogen) atoms. The van der Waals surface area contributed by atoms with Crippen LogP contribution in [0.5, 0.6) is 0 Å². The van der Waals surface area contributed by atoms with Crippen molar-refractivity contribution in [1.82, 2.24) is 0 Å². The van der Waals surface area contributed by atoms with Gasteiger partial charge in [-0.25, -0.2) is 9.13 Å². The quantitative estimate of drug-likeness (QED) is 0.0222. The molecule has 564 valence electrons. The van der Waals surface area contributed by atoms with Gasteiger partial charge in [0.2, 0.25) is 0 Å². The van der Waals surface area contributed by atoms with E-state index in [2.05, 4.69) is 55.4 Å². The summed E-state index contributed by atoms with van der Waals surface area (Å²) in [5.41, 5.74) is 0. The van der Waals surface area contributed by atoms with Gasteiger partial charge in [0.05, 0.1) is 26.4 Å². The lowest BCUT2D eigenvalue weighted by Gasteiger charge is -2.21. The van der Waals surface area contributed by atoms with Crippen molar-refractivity contribution in [1.29, 1.82) is 0 Å². The molecule has 5 unspecified atom stereocenters. The molecule has 7 atom stereocenters. The Morgan fingerprint density at radius 3 is 0.747 bits per heavy atom. The summed E-state index contributed by atoms with van der Waals surface area (Å²) >= 11 is 0. The molecular weight excluding hydrogens is 1250 g/mol. The van der Waals surface area contributed by atoms with Crippen molar-refractivity contribution in [2.24, 2.45) is 23.7 Å². The number of phosphoric acid groups is 2. The van der Waals surface area contributed by atoms with Gasteiger partial charge >= 0.3 is 39.5 Å². The molecule has 19 heteroatoms. The molecule has 3 N–H and O–H groups in total. The lowest BCUT2D eigenvalue weighted by molar-refractivity contribution is -0.161. The maximum atomic E-state index is 13.1. The number of ether oxygens (including phenoxy) is 4. The van der Waals surface area contributed by atoms with Gasteiger partial charge in [-0.1, -0.05) is 331 Å². The second kappa shape index (κ2) is 65.4. The van der Waals surface area contributed by atoms with Gasteiger partial charge in [-0.15, -0.1) is 0 Å². The first kappa shape index (κ1) is 93.1. The van der Waals surface area contributed by atoms with E-state index in [0.29, 0.717) is 31.6 Å². The van der Waals surface area contributed by atoms with E-state index >= 15 is 0 Å². The predicted molar refractivity (Wildman–Crippen MR) is 386 cm³/mol. The Morgan fingerprint density at radius 1 is 0.295 bits per heavy atom. The zero-order valence-corrected chi connectivity index (χ0v) is 64.1. The van der Waals surface area contributed by atoms with Crippen molar-refractivity contribution >= 4 is 39.5 Å². The summed E-state index contributed by atoms with van der Waals surface area (Å²) in [5, 5.41) is 10.6. The number of phosphoric ester groups is 2. The fraction of sp³-hybridized carbons (Fsp3) is 0.947. The van der Waals surface area contributed by atoms with E-state index in [1.54, 1.807) is 0 Å². The van der Waals surface area contributed by atoms with Crippen molar-refractivity contribution in [3.63, 3.8) is 0 Å². The van der Waals surface area contributed by atoms with Crippen LogP contribution in [-0.2, 0) is 65.4 Å². The van der Waals surface area contributed by atoms with Gasteiger partial charge < -0.3 is 33.8 Å². The SMILES string of the molecule is CCC(C)CCCCCCCCCCCCC(=O)O[C@H](COC(=O)CCCCCCCCCC(C)C)COP(=O)(O)OCC(O)COP(=O)(O)OC[C@@H](COC(=O)CCCCCCCCCCCCCCCCCCCCC(C)C)OC(=O)CCCCCCCCC(C)CC. The number of aliphatic hydroxyl groups excluding tert-OH is 1. The van der Waals surface area contributed by atoms with Crippen LogP contribution in [0, 0.1) is 23.7 Å². The average Bonchev–Trinajstić information content (AvgIpc) is 2.32. The number of hydrogen-bond donors (Lipinski definition) is 3. The molecular formula is C76H148O17P2. The largest absolute Gasteiger partial charge is 0.472 e. The maximum absolute atomic E-state index is 13.1. The third kappa shape index (κ3) is 67.6. The Balaban J connectivity index is 5.15. The molecule has 0 spiro atoms. The van der Waals surface area contributed by atoms with E-state index in [0.717, 1.165) is 114 Å². The Bertz CT molecular complexity index is 1870. The summed E-state index contributed by atoms with van der Waals surface area (Å²) in [5.74, 6) is 0.925. The first-order valence-electron chi connectivity index (χ1n) is 39.3. The van der Waals surface area contributed by atoms with Crippen LogP contribution in [0.25, 0.3) is 0 Å². The molecule has 0 aliphatic rings. The van der Waals surface area contributed by atoms with Gasteiger partial charge in [0.1, 0.15) is 19.3 Å². The summed E-state index contributed by atoms with van der Waals surface area (Å²) in [7, 11) is -9.91. The van der Waals surface area contributed by atoms with Crippen LogP contribution in [-0.4, -0.2) is 96.7 Å². The summed E-state index contributed by atoms with van der Waals surface area (Å²) in [6.07, 6.45) is 50.2. The third-order valence-electron chi connectivity index (χ3n) is 18.3.